The number of hydrogen-bond donors (Lipinski definition) is 1. The first-order chi connectivity index (χ1) is 10.3. The normalized spacial score (nSPS) is 30.6. The SMILES string of the molecule is COC1(CN2CCNC(Cc3ccccc3)C2)CCOC1. The summed E-state index contributed by atoms with van der Waals surface area (Å²) in [5.41, 5.74) is 1.32. The molecule has 0 spiro atoms. The predicted molar refractivity (Wildman–Crippen MR) is 83.6 cm³/mol. The first kappa shape index (κ1) is 15.0. The van der Waals surface area contributed by atoms with Crippen LogP contribution in [0.5, 0.6) is 0 Å². The van der Waals surface area contributed by atoms with Crippen LogP contribution in [-0.4, -0.2) is 63.0 Å². The van der Waals surface area contributed by atoms with Crippen molar-refractivity contribution >= 4 is 0 Å². The molecule has 1 N–H and O–H groups in total. The maximum atomic E-state index is 5.77. The number of benzene rings is 1. The van der Waals surface area contributed by atoms with Crippen LogP contribution in [0.1, 0.15) is 12.0 Å². The van der Waals surface area contributed by atoms with Gasteiger partial charge in [0, 0.05) is 52.4 Å². The van der Waals surface area contributed by atoms with Gasteiger partial charge in [0.25, 0.3) is 0 Å². The van der Waals surface area contributed by atoms with Gasteiger partial charge < -0.3 is 14.8 Å². The minimum absolute atomic E-state index is 0.0887. The first-order valence-electron chi connectivity index (χ1n) is 7.92. The maximum Gasteiger partial charge on any atom is 0.106 e. The highest BCUT2D eigenvalue weighted by Gasteiger charge is 2.37. The van der Waals surface area contributed by atoms with Crippen molar-refractivity contribution in [1.82, 2.24) is 10.2 Å². The third-order valence-corrected chi connectivity index (χ3v) is 4.68. The molecule has 2 atom stereocenters. The molecular formula is C17H26N2O2. The van der Waals surface area contributed by atoms with Crippen molar-refractivity contribution in [2.45, 2.75) is 24.5 Å². The molecule has 21 heavy (non-hydrogen) atoms. The van der Waals surface area contributed by atoms with E-state index in [2.05, 4.69) is 40.5 Å². The van der Waals surface area contributed by atoms with E-state index in [9.17, 15) is 0 Å². The highest BCUT2D eigenvalue weighted by atomic mass is 16.5. The molecule has 116 valence electrons. The summed E-state index contributed by atoms with van der Waals surface area (Å²) < 4.78 is 11.3. The number of ether oxygens (including phenoxy) is 2. The Morgan fingerprint density at radius 1 is 1.38 bits per heavy atom. The number of piperazine rings is 1. The van der Waals surface area contributed by atoms with Gasteiger partial charge in [0.2, 0.25) is 0 Å². The lowest BCUT2D eigenvalue weighted by Crippen LogP contribution is -2.56. The van der Waals surface area contributed by atoms with E-state index in [1.54, 1.807) is 0 Å². The smallest absolute Gasteiger partial charge is 0.106 e. The molecule has 2 saturated heterocycles. The second-order valence-corrected chi connectivity index (χ2v) is 6.27. The molecular weight excluding hydrogens is 264 g/mol. The molecule has 0 saturated carbocycles. The summed E-state index contributed by atoms with van der Waals surface area (Å²) in [6.45, 7) is 5.77. The Hall–Kier alpha value is -0.940. The van der Waals surface area contributed by atoms with Crippen LogP contribution < -0.4 is 5.32 Å². The summed E-state index contributed by atoms with van der Waals surface area (Å²) >= 11 is 0. The van der Waals surface area contributed by atoms with Crippen molar-refractivity contribution < 1.29 is 9.47 Å². The van der Waals surface area contributed by atoms with Gasteiger partial charge in [-0.05, 0) is 12.0 Å². The van der Waals surface area contributed by atoms with Crippen molar-refractivity contribution in [2.75, 3.05) is 46.5 Å². The average molecular weight is 290 g/mol. The van der Waals surface area contributed by atoms with Gasteiger partial charge in [-0.15, -0.1) is 0 Å². The Balaban J connectivity index is 1.55. The molecule has 0 amide bonds. The highest BCUT2D eigenvalue weighted by molar-refractivity contribution is 5.16. The number of nitrogens with zero attached hydrogens (tertiary/aromatic N) is 1. The summed E-state index contributed by atoms with van der Waals surface area (Å²) in [7, 11) is 1.82. The lowest BCUT2D eigenvalue weighted by atomic mass is 9.99. The fourth-order valence-corrected chi connectivity index (χ4v) is 3.42. The van der Waals surface area contributed by atoms with Gasteiger partial charge >= 0.3 is 0 Å². The van der Waals surface area contributed by atoms with Gasteiger partial charge in [-0.3, -0.25) is 4.90 Å². The van der Waals surface area contributed by atoms with Crippen molar-refractivity contribution in [3.8, 4) is 0 Å². The lowest BCUT2D eigenvalue weighted by molar-refractivity contribution is -0.0448. The van der Waals surface area contributed by atoms with E-state index >= 15 is 0 Å². The van der Waals surface area contributed by atoms with Gasteiger partial charge in [0.15, 0.2) is 0 Å². The molecule has 0 bridgehead atoms. The van der Waals surface area contributed by atoms with Crippen molar-refractivity contribution in [3.05, 3.63) is 35.9 Å². The molecule has 0 aliphatic carbocycles. The lowest BCUT2D eigenvalue weighted by Gasteiger charge is -2.38. The van der Waals surface area contributed by atoms with Crippen molar-refractivity contribution in [3.63, 3.8) is 0 Å². The van der Waals surface area contributed by atoms with E-state index in [1.165, 1.54) is 5.56 Å². The number of hydrogen-bond acceptors (Lipinski definition) is 4. The third kappa shape index (κ3) is 3.83. The fourth-order valence-electron chi connectivity index (χ4n) is 3.42. The highest BCUT2D eigenvalue weighted by Crippen LogP contribution is 2.24. The second kappa shape index (κ2) is 6.88. The van der Waals surface area contributed by atoms with Crippen LogP contribution in [0, 0.1) is 0 Å². The van der Waals surface area contributed by atoms with Gasteiger partial charge in [0.05, 0.1) is 6.61 Å². The molecule has 4 heteroatoms. The third-order valence-electron chi connectivity index (χ3n) is 4.68. The van der Waals surface area contributed by atoms with Crippen molar-refractivity contribution in [1.29, 1.82) is 0 Å². The summed E-state index contributed by atoms with van der Waals surface area (Å²) in [5, 5.41) is 3.64. The topological polar surface area (TPSA) is 33.7 Å². The fraction of sp³-hybridized carbons (Fsp3) is 0.647. The molecule has 0 radical (unpaired) electrons. The van der Waals surface area contributed by atoms with Crippen LogP contribution in [0.15, 0.2) is 30.3 Å². The monoisotopic (exact) mass is 290 g/mol. The Bertz CT molecular complexity index is 432. The van der Waals surface area contributed by atoms with Gasteiger partial charge in [-0.2, -0.15) is 0 Å². The number of nitrogens with one attached hydrogen (secondary N) is 1. The first-order valence-corrected chi connectivity index (χ1v) is 7.92. The van der Waals surface area contributed by atoms with E-state index in [1.807, 2.05) is 7.11 Å². The molecule has 1 aromatic rings. The standard InChI is InChI=1S/C17H26N2O2/c1-20-17(7-10-21-14-17)13-19-9-8-18-16(12-19)11-15-5-3-2-4-6-15/h2-6,16,18H,7-14H2,1H3. The maximum absolute atomic E-state index is 5.77. The summed E-state index contributed by atoms with van der Waals surface area (Å²) in [6.07, 6.45) is 2.10. The molecule has 2 aliphatic rings. The van der Waals surface area contributed by atoms with Gasteiger partial charge in [-0.25, -0.2) is 0 Å². The van der Waals surface area contributed by atoms with Crippen LogP contribution in [0.3, 0.4) is 0 Å². The Kier molecular flexibility index (Phi) is 4.91. The van der Waals surface area contributed by atoms with Crippen LogP contribution in [-0.2, 0) is 15.9 Å². The average Bonchev–Trinajstić information content (AvgIpc) is 2.98. The molecule has 3 rings (SSSR count). The largest absolute Gasteiger partial charge is 0.378 e. The van der Waals surface area contributed by atoms with E-state index in [0.29, 0.717) is 6.04 Å². The van der Waals surface area contributed by atoms with E-state index < -0.39 is 0 Å². The van der Waals surface area contributed by atoms with Crippen LogP contribution in [0.4, 0.5) is 0 Å². The van der Waals surface area contributed by atoms with Crippen LogP contribution in [0.25, 0.3) is 0 Å². The molecule has 1 aromatic carbocycles. The Labute approximate surface area is 127 Å². The second-order valence-electron chi connectivity index (χ2n) is 6.27. The minimum Gasteiger partial charge on any atom is -0.378 e. The quantitative estimate of drug-likeness (QED) is 0.886. The summed E-state index contributed by atoms with van der Waals surface area (Å²) in [4.78, 5) is 2.53. The Morgan fingerprint density at radius 2 is 2.24 bits per heavy atom. The molecule has 2 fully saturated rings. The van der Waals surface area contributed by atoms with Gasteiger partial charge in [0.1, 0.15) is 5.60 Å². The summed E-state index contributed by atoms with van der Waals surface area (Å²) in [6, 6.07) is 11.3. The Morgan fingerprint density at radius 3 is 2.95 bits per heavy atom. The molecule has 2 unspecified atom stereocenters. The van der Waals surface area contributed by atoms with E-state index in [0.717, 1.165) is 52.2 Å². The molecule has 2 heterocycles. The minimum atomic E-state index is -0.0887. The zero-order valence-electron chi connectivity index (χ0n) is 12.9. The van der Waals surface area contributed by atoms with E-state index in [4.69, 9.17) is 9.47 Å². The zero-order valence-corrected chi connectivity index (χ0v) is 12.9. The zero-order chi connectivity index (χ0) is 14.5. The summed E-state index contributed by atoms with van der Waals surface area (Å²) in [5.74, 6) is 0. The van der Waals surface area contributed by atoms with Crippen LogP contribution in [0.2, 0.25) is 0 Å². The molecule has 2 aliphatic heterocycles. The molecule has 4 nitrogen and oxygen atoms in total. The van der Waals surface area contributed by atoms with Crippen molar-refractivity contribution in [2.24, 2.45) is 0 Å². The van der Waals surface area contributed by atoms with Gasteiger partial charge in [-0.1, -0.05) is 30.3 Å². The molecule has 0 aromatic heterocycles. The number of methoxy groups -OCH3 is 1. The predicted octanol–water partition coefficient (Wildman–Crippen LogP) is 1.31. The van der Waals surface area contributed by atoms with E-state index in [-0.39, 0.29) is 5.60 Å². The van der Waals surface area contributed by atoms with Crippen LogP contribution >= 0.6 is 0 Å². The number of rotatable bonds is 5.